The van der Waals surface area contributed by atoms with Crippen LogP contribution in [0.2, 0.25) is 0 Å². The standard InChI is InChI=1S/C7H7ClO4.C7H15NO3/c9-8(10,11)12-6-7-4-2-1-3-5-7;1-8(2,3)5-6(9)4-7(10)11/h1-5H,6H2;6,9H,4-5H2,1-3H3/t;6-/m.1/s1. The second-order valence-electron chi connectivity index (χ2n) is 5.82. The highest BCUT2D eigenvalue weighted by Gasteiger charge is 2.16. The fourth-order valence-corrected chi connectivity index (χ4v) is 1.85. The summed E-state index contributed by atoms with van der Waals surface area (Å²) in [7, 11) is 1.35. The average molecular weight is 352 g/mol. The van der Waals surface area contributed by atoms with Gasteiger partial charge in [-0.05, 0) is 5.56 Å². The third-order valence-corrected chi connectivity index (χ3v) is 2.73. The molecule has 0 aliphatic heterocycles. The first-order valence-corrected chi connectivity index (χ1v) is 7.90. The number of nitrogens with zero attached hydrogens (tertiary/aromatic N) is 1. The molecule has 0 saturated heterocycles. The van der Waals surface area contributed by atoms with Crippen molar-refractivity contribution in [1.82, 2.24) is 0 Å². The molecule has 132 valence electrons. The zero-order chi connectivity index (χ0) is 18.1. The number of carbonyl (C=O) groups excluding carboxylic acids is 1. The van der Waals surface area contributed by atoms with E-state index in [4.69, 9.17) is 5.11 Å². The van der Waals surface area contributed by atoms with Crippen LogP contribution >= 0.6 is 0 Å². The Bertz CT molecular complexity index is 456. The molecule has 0 saturated carbocycles. The number of hydrogen-bond donors (Lipinski definition) is 1. The first-order valence-electron chi connectivity index (χ1n) is 6.66. The molecule has 23 heavy (non-hydrogen) atoms. The summed E-state index contributed by atoms with van der Waals surface area (Å²) in [6.07, 6.45) is -1.09. The molecule has 1 aromatic rings. The fourth-order valence-electron chi connectivity index (χ4n) is 1.59. The monoisotopic (exact) mass is 351 g/mol. The Morgan fingerprint density at radius 3 is 2.13 bits per heavy atom. The van der Waals surface area contributed by atoms with E-state index in [-0.39, 0.29) is 13.0 Å². The third-order valence-electron chi connectivity index (χ3n) is 2.36. The number of carbonyl (C=O) groups is 1. The van der Waals surface area contributed by atoms with Gasteiger partial charge < -0.3 is 19.5 Å². The van der Waals surface area contributed by atoms with Crippen LogP contribution in [0.3, 0.4) is 0 Å². The summed E-state index contributed by atoms with van der Waals surface area (Å²) in [4.78, 5) is 10.0. The van der Waals surface area contributed by atoms with Crippen molar-refractivity contribution in [2.24, 2.45) is 0 Å². The van der Waals surface area contributed by atoms with Crippen LogP contribution in [0.1, 0.15) is 12.0 Å². The van der Waals surface area contributed by atoms with Crippen molar-refractivity contribution < 1.29 is 48.0 Å². The summed E-state index contributed by atoms with van der Waals surface area (Å²) >= 11 is 0. The lowest BCUT2D eigenvalue weighted by Gasteiger charge is -2.26. The summed E-state index contributed by atoms with van der Waals surface area (Å²) in [6.45, 7) is 0.211. The highest BCUT2D eigenvalue weighted by atomic mass is 35.7. The van der Waals surface area contributed by atoms with Crippen molar-refractivity contribution in [3.05, 3.63) is 35.9 Å². The van der Waals surface area contributed by atoms with E-state index in [1.807, 2.05) is 21.1 Å². The number of carboxylic acids is 1. The molecule has 0 unspecified atom stereocenters. The average Bonchev–Trinajstić information content (AvgIpc) is 2.34. The van der Waals surface area contributed by atoms with Gasteiger partial charge in [-0.1, -0.05) is 30.3 Å². The molecule has 1 rings (SSSR count). The van der Waals surface area contributed by atoms with Crippen molar-refractivity contribution in [2.75, 3.05) is 27.7 Å². The van der Waals surface area contributed by atoms with Gasteiger partial charge in [0.2, 0.25) is 6.61 Å². The molecule has 0 aliphatic carbocycles. The lowest BCUT2D eigenvalue weighted by atomic mass is 10.2. The first-order chi connectivity index (χ1) is 10.4. The van der Waals surface area contributed by atoms with Crippen molar-refractivity contribution in [1.29, 1.82) is 0 Å². The molecule has 1 N–H and O–H groups in total. The van der Waals surface area contributed by atoms with Crippen LogP contribution in [-0.4, -0.2) is 49.4 Å². The van der Waals surface area contributed by atoms with Gasteiger partial charge in [-0.3, -0.25) is 0 Å². The minimum atomic E-state index is -4.31. The number of aliphatic hydroxyl groups is 1. The van der Waals surface area contributed by atoms with E-state index >= 15 is 0 Å². The van der Waals surface area contributed by atoms with Crippen LogP contribution in [0.15, 0.2) is 30.3 Å². The van der Waals surface area contributed by atoms with E-state index in [0.717, 1.165) is 0 Å². The summed E-state index contributed by atoms with van der Waals surface area (Å²) < 4.78 is 34.6. The number of hydrogen-bond acceptors (Lipinski definition) is 7. The Hall–Kier alpha value is -1.26. The maximum absolute atomic E-state index is 10.0. The Morgan fingerprint density at radius 1 is 1.22 bits per heavy atom. The van der Waals surface area contributed by atoms with Crippen LogP contribution in [0, 0.1) is 10.2 Å². The molecule has 0 radical (unpaired) electrons. The van der Waals surface area contributed by atoms with Crippen LogP contribution in [0.25, 0.3) is 0 Å². The zero-order valence-electron chi connectivity index (χ0n) is 13.3. The maximum atomic E-state index is 10.0. The molecular weight excluding hydrogens is 330 g/mol. The number of carboxylic acid groups (broad SMARTS) is 1. The molecule has 0 aromatic heterocycles. The molecule has 0 heterocycles. The molecule has 0 bridgehead atoms. The smallest absolute Gasteiger partial charge is 0.228 e. The SMILES string of the molecule is C[N+](C)(C)C[C@H](O)CC(=O)[O-].[O-][Cl+3]([O-])([O-])OCc1ccccc1. The van der Waals surface area contributed by atoms with Gasteiger partial charge in [0, 0.05) is 12.4 Å². The van der Waals surface area contributed by atoms with Crippen LogP contribution < -0.4 is 19.1 Å². The van der Waals surface area contributed by atoms with Crippen LogP contribution in [-0.2, 0) is 15.7 Å². The minimum absolute atomic E-state index is 0.214. The topological polar surface area (TPSA) is 139 Å². The van der Waals surface area contributed by atoms with Crippen molar-refractivity contribution in [3.8, 4) is 0 Å². The molecule has 0 amide bonds. The predicted octanol–water partition coefficient (Wildman–Crippen LogP) is -3.71. The Labute approximate surface area is 137 Å². The summed E-state index contributed by atoms with van der Waals surface area (Å²) in [5.74, 6) is -1.20. The normalized spacial score (nSPS) is 13.0. The number of benzene rings is 1. The van der Waals surface area contributed by atoms with Gasteiger partial charge in [-0.2, -0.15) is 14.0 Å². The van der Waals surface area contributed by atoms with E-state index < -0.39 is 22.3 Å². The van der Waals surface area contributed by atoms with Crippen molar-refractivity contribution >= 4 is 5.97 Å². The Morgan fingerprint density at radius 2 is 1.74 bits per heavy atom. The van der Waals surface area contributed by atoms with Crippen LogP contribution in [0.5, 0.6) is 0 Å². The van der Waals surface area contributed by atoms with Crippen LogP contribution in [0.4, 0.5) is 0 Å². The number of likely N-dealkylation sites (N-methyl/N-ethyl adjacent to an activating group) is 1. The van der Waals surface area contributed by atoms with Gasteiger partial charge in [0.25, 0.3) is 0 Å². The van der Waals surface area contributed by atoms with Crippen molar-refractivity contribution in [3.63, 3.8) is 0 Å². The van der Waals surface area contributed by atoms with E-state index in [2.05, 4.69) is 4.29 Å². The quantitative estimate of drug-likeness (QED) is 0.498. The maximum Gasteiger partial charge on any atom is 0.228 e. The Kier molecular flexibility index (Phi) is 9.25. The van der Waals surface area contributed by atoms with E-state index in [9.17, 15) is 23.9 Å². The molecule has 0 spiro atoms. The van der Waals surface area contributed by atoms with Gasteiger partial charge in [0.05, 0.1) is 35.7 Å². The molecule has 1 atom stereocenters. The van der Waals surface area contributed by atoms with Crippen molar-refractivity contribution in [2.45, 2.75) is 19.1 Å². The molecule has 0 aliphatic rings. The summed E-state index contributed by atoms with van der Waals surface area (Å²) in [5, 5.41) is 19.1. The second-order valence-corrected chi connectivity index (χ2v) is 6.79. The molecule has 8 nitrogen and oxygen atoms in total. The first kappa shape index (κ1) is 21.7. The Balaban J connectivity index is 0.000000423. The van der Waals surface area contributed by atoms with E-state index in [1.54, 1.807) is 30.3 Å². The number of quaternary nitrogens is 1. The third kappa shape index (κ3) is 15.4. The predicted molar refractivity (Wildman–Crippen MR) is 69.8 cm³/mol. The highest BCUT2D eigenvalue weighted by Crippen LogP contribution is 2.02. The number of aliphatic hydroxyl groups excluding tert-OH is 1. The number of rotatable bonds is 7. The van der Waals surface area contributed by atoms with E-state index in [0.29, 0.717) is 16.6 Å². The summed E-state index contributed by atoms with van der Waals surface area (Å²) in [6, 6.07) is 8.58. The van der Waals surface area contributed by atoms with Gasteiger partial charge >= 0.3 is 0 Å². The van der Waals surface area contributed by atoms with Gasteiger partial charge in [0.15, 0.2) is 0 Å². The number of aliphatic carboxylic acids is 1. The molecule has 1 aromatic carbocycles. The molecular formula is C14H22ClNO7. The van der Waals surface area contributed by atoms with Gasteiger partial charge in [-0.15, -0.1) is 0 Å². The number of halogens is 1. The largest absolute Gasteiger partial charge is 0.550 e. The minimum Gasteiger partial charge on any atom is -0.550 e. The molecule has 9 heteroatoms. The fraction of sp³-hybridized carbons (Fsp3) is 0.500. The highest BCUT2D eigenvalue weighted by molar-refractivity contribution is 5.64. The van der Waals surface area contributed by atoms with Gasteiger partial charge in [-0.25, -0.2) is 0 Å². The van der Waals surface area contributed by atoms with E-state index in [1.165, 1.54) is 0 Å². The lowest BCUT2D eigenvalue weighted by Crippen LogP contribution is -2.60. The lowest BCUT2D eigenvalue weighted by molar-refractivity contribution is -1.92. The summed E-state index contributed by atoms with van der Waals surface area (Å²) in [5.41, 5.74) is 0.643. The molecule has 0 fully saturated rings. The zero-order valence-corrected chi connectivity index (χ0v) is 14.1. The van der Waals surface area contributed by atoms with Gasteiger partial charge in [0.1, 0.15) is 12.6 Å². The second kappa shape index (κ2) is 9.78.